The summed E-state index contributed by atoms with van der Waals surface area (Å²) in [4.78, 5) is 2.57. The molecule has 1 rings (SSSR count). The minimum atomic E-state index is -0.131. The van der Waals surface area contributed by atoms with Crippen LogP contribution in [0.5, 0.6) is 0 Å². The number of rotatable bonds is 4. The molecule has 0 saturated carbocycles. The second-order valence-corrected chi connectivity index (χ2v) is 5.85. The molecule has 0 amide bonds. The molecule has 0 aliphatic carbocycles. The van der Waals surface area contributed by atoms with Gasteiger partial charge in [0.15, 0.2) is 0 Å². The highest BCUT2D eigenvalue weighted by Gasteiger charge is 2.22. The highest BCUT2D eigenvalue weighted by molar-refractivity contribution is 4.76. The minimum absolute atomic E-state index is 0.131. The Balaban J connectivity index is 2.20. The standard InChI is InChI=1S/C13H27NO/c1-12(15)6-4-9-14-10-5-7-13(2,3)8-11-14/h12,15H,4-11H2,1-3H3. The molecule has 1 N–H and O–H groups in total. The molecule has 15 heavy (non-hydrogen) atoms. The molecular formula is C13H27NO. The average molecular weight is 213 g/mol. The lowest BCUT2D eigenvalue weighted by molar-refractivity contribution is 0.170. The predicted octanol–water partition coefficient (Wildman–Crippen LogP) is 2.66. The van der Waals surface area contributed by atoms with E-state index >= 15 is 0 Å². The number of hydrogen-bond acceptors (Lipinski definition) is 2. The zero-order valence-corrected chi connectivity index (χ0v) is 10.6. The fourth-order valence-corrected chi connectivity index (χ4v) is 2.31. The predicted molar refractivity (Wildman–Crippen MR) is 65.0 cm³/mol. The Morgan fingerprint density at radius 1 is 1.27 bits per heavy atom. The lowest BCUT2D eigenvalue weighted by Gasteiger charge is -2.23. The summed E-state index contributed by atoms with van der Waals surface area (Å²) in [5.74, 6) is 0. The Kier molecular flexibility index (Phi) is 5.07. The zero-order valence-electron chi connectivity index (χ0n) is 10.6. The van der Waals surface area contributed by atoms with Crippen molar-refractivity contribution >= 4 is 0 Å². The molecule has 1 atom stereocenters. The first-order valence-corrected chi connectivity index (χ1v) is 6.40. The highest BCUT2D eigenvalue weighted by atomic mass is 16.3. The quantitative estimate of drug-likeness (QED) is 0.776. The van der Waals surface area contributed by atoms with Gasteiger partial charge in [0.1, 0.15) is 0 Å². The first-order valence-electron chi connectivity index (χ1n) is 6.40. The molecule has 0 bridgehead atoms. The number of aliphatic hydroxyl groups excluding tert-OH is 1. The zero-order chi connectivity index (χ0) is 11.3. The fraction of sp³-hybridized carbons (Fsp3) is 1.00. The summed E-state index contributed by atoms with van der Waals surface area (Å²) in [6.07, 6.45) is 5.97. The van der Waals surface area contributed by atoms with Crippen molar-refractivity contribution in [3.05, 3.63) is 0 Å². The number of hydrogen-bond donors (Lipinski definition) is 1. The monoisotopic (exact) mass is 213 g/mol. The van der Waals surface area contributed by atoms with Gasteiger partial charge in [0.05, 0.1) is 6.10 Å². The van der Waals surface area contributed by atoms with Crippen LogP contribution in [0.3, 0.4) is 0 Å². The van der Waals surface area contributed by atoms with Crippen LogP contribution < -0.4 is 0 Å². The molecule has 2 nitrogen and oxygen atoms in total. The SMILES string of the molecule is CC(O)CCCN1CCCC(C)(C)CC1. The molecule has 0 spiro atoms. The van der Waals surface area contributed by atoms with Gasteiger partial charge in [-0.2, -0.15) is 0 Å². The Morgan fingerprint density at radius 3 is 2.67 bits per heavy atom. The third kappa shape index (κ3) is 5.53. The van der Waals surface area contributed by atoms with Crippen molar-refractivity contribution in [1.82, 2.24) is 4.90 Å². The molecule has 1 aliphatic rings. The number of nitrogens with zero attached hydrogens (tertiary/aromatic N) is 1. The Bertz CT molecular complexity index is 177. The molecule has 1 saturated heterocycles. The van der Waals surface area contributed by atoms with Gasteiger partial charge in [-0.15, -0.1) is 0 Å². The largest absolute Gasteiger partial charge is 0.393 e. The summed E-state index contributed by atoms with van der Waals surface area (Å²) in [5, 5.41) is 9.20. The van der Waals surface area contributed by atoms with Gasteiger partial charge in [-0.1, -0.05) is 13.8 Å². The normalized spacial score (nSPS) is 24.8. The van der Waals surface area contributed by atoms with E-state index in [0.717, 1.165) is 12.8 Å². The van der Waals surface area contributed by atoms with Gasteiger partial charge in [-0.25, -0.2) is 0 Å². The molecule has 0 aromatic rings. The van der Waals surface area contributed by atoms with Crippen LogP contribution >= 0.6 is 0 Å². The molecule has 1 aliphatic heterocycles. The summed E-state index contributed by atoms with van der Waals surface area (Å²) in [5.41, 5.74) is 0.541. The number of likely N-dealkylation sites (tertiary alicyclic amines) is 1. The summed E-state index contributed by atoms with van der Waals surface area (Å²) in [7, 11) is 0. The van der Waals surface area contributed by atoms with Crippen LogP contribution in [-0.2, 0) is 0 Å². The molecule has 0 radical (unpaired) electrons. The molecular weight excluding hydrogens is 186 g/mol. The van der Waals surface area contributed by atoms with Crippen molar-refractivity contribution < 1.29 is 5.11 Å². The summed E-state index contributed by atoms with van der Waals surface area (Å²) >= 11 is 0. The maximum absolute atomic E-state index is 9.20. The topological polar surface area (TPSA) is 23.5 Å². The van der Waals surface area contributed by atoms with Gasteiger partial charge < -0.3 is 10.0 Å². The molecule has 0 aromatic heterocycles. The third-order valence-electron chi connectivity index (χ3n) is 3.53. The van der Waals surface area contributed by atoms with Crippen LogP contribution in [0.25, 0.3) is 0 Å². The van der Waals surface area contributed by atoms with E-state index in [1.54, 1.807) is 0 Å². The van der Waals surface area contributed by atoms with Crippen LogP contribution in [0.4, 0.5) is 0 Å². The smallest absolute Gasteiger partial charge is 0.0512 e. The van der Waals surface area contributed by atoms with Crippen LogP contribution in [-0.4, -0.2) is 35.7 Å². The molecule has 1 unspecified atom stereocenters. The van der Waals surface area contributed by atoms with Gasteiger partial charge in [0.25, 0.3) is 0 Å². The van der Waals surface area contributed by atoms with Crippen molar-refractivity contribution in [3.63, 3.8) is 0 Å². The van der Waals surface area contributed by atoms with Crippen molar-refractivity contribution in [3.8, 4) is 0 Å². The lowest BCUT2D eigenvalue weighted by Crippen LogP contribution is -2.27. The van der Waals surface area contributed by atoms with Crippen LogP contribution in [0, 0.1) is 5.41 Å². The van der Waals surface area contributed by atoms with Crippen molar-refractivity contribution in [2.24, 2.45) is 5.41 Å². The van der Waals surface area contributed by atoms with E-state index in [2.05, 4.69) is 18.7 Å². The average Bonchev–Trinajstić information content (AvgIpc) is 2.27. The van der Waals surface area contributed by atoms with E-state index < -0.39 is 0 Å². The van der Waals surface area contributed by atoms with E-state index in [4.69, 9.17) is 0 Å². The van der Waals surface area contributed by atoms with Gasteiger partial charge >= 0.3 is 0 Å². The van der Waals surface area contributed by atoms with Crippen LogP contribution in [0.2, 0.25) is 0 Å². The first kappa shape index (κ1) is 13.0. The molecule has 1 heterocycles. The Hall–Kier alpha value is -0.0800. The molecule has 1 fully saturated rings. The summed E-state index contributed by atoms with van der Waals surface area (Å²) in [6.45, 7) is 10.3. The molecule has 0 aromatic carbocycles. The van der Waals surface area contributed by atoms with Gasteiger partial charge in [-0.3, -0.25) is 0 Å². The van der Waals surface area contributed by atoms with Crippen molar-refractivity contribution in [2.45, 2.75) is 59.0 Å². The van der Waals surface area contributed by atoms with Crippen molar-refractivity contribution in [1.29, 1.82) is 0 Å². The first-order chi connectivity index (χ1) is 6.99. The maximum Gasteiger partial charge on any atom is 0.0512 e. The van der Waals surface area contributed by atoms with E-state index in [0.29, 0.717) is 5.41 Å². The van der Waals surface area contributed by atoms with E-state index in [-0.39, 0.29) is 6.10 Å². The molecule has 90 valence electrons. The van der Waals surface area contributed by atoms with Crippen molar-refractivity contribution in [2.75, 3.05) is 19.6 Å². The third-order valence-corrected chi connectivity index (χ3v) is 3.53. The van der Waals surface area contributed by atoms with Gasteiger partial charge in [-0.05, 0) is 64.1 Å². The lowest BCUT2D eigenvalue weighted by atomic mass is 9.85. The van der Waals surface area contributed by atoms with E-state index in [9.17, 15) is 5.11 Å². The summed E-state index contributed by atoms with van der Waals surface area (Å²) < 4.78 is 0. The van der Waals surface area contributed by atoms with Gasteiger partial charge in [0, 0.05) is 0 Å². The fourth-order valence-electron chi connectivity index (χ4n) is 2.31. The molecule has 2 heteroatoms. The second-order valence-electron chi connectivity index (χ2n) is 5.85. The van der Waals surface area contributed by atoms with Crippen LogP contribution in [0.15, 0.2) is 0 Å². The second kappa shape index (κ2) is 5.86. The maximum atomic E-state index is 9.20. The minimum Gasteiger partial charge on any atom is -0.393 e. The Morgan fingerprint density at radius 2 is 2.00 bits per heavy atom. The van der Waals surface area contributed by atoms with Crippen LogP contribution in [0.1, 0.15) is 52.9 Å². The highest BCUT2D eigenvalue weighted by Crippen LogP contribution is 2.29. The number of aliphatic hydroxyl groups is 1. The summed E-state index contributed by atoms with van der Waals surface area (Å²) in [6, 6.07) is 0. The van der Waals surface area contributed by atoms with E-state index in [1.165, 1.54) is 38.9 Å². The van der Waals surface area contributed by atoms with Gasteiger partial charge in [0.2, 0.25) is 0 Å². The van der Waals surface area contributed by atoms with E-state index in [1.807, 2.05) is 6.92 Å². The Labute approximate surface area is 94.7 Å².